The molecule has 1 aliphatic heterocycles. The van der Waals surface area contributed by atoms with Gasteiger partial charge in [0.2, 0.25) is 0 Å². The molecule has 0 amide bonds. The Labute approximate surface area is 142 Å². The van der Waals surface area contributed by atoms with E-state index in [1.165, 1.54) is 12.1 Å². The molecule has 0 saturated carbocycles. The second-order valence-electron chi connectivity index (χ2n) is 5.62. The Bertz CT molecular complexity index is 788. The lowest BCUT2D eigenvalue weighted by atomic mass is 10.2. The van der Waals surface area contributed by atoms with Crippen molar-refractivity contribution in [2.24, 2.45) is 0 Å². The van der Waals surface area contributed by atoms with Gasteiger partial charge < -0.3 is 9.80 Å². The first-order chi connectivity index (χ1) is 11.9. The van der Waals surface area contributed by atoms with Gasteiger partial charge in [-0.1, -0.05) is 6.07 Å². The van der Waals surface area contributed by atoms with Crippen LogP contribution in [0, 0.1) is 12.4 Å². The predicted molar refractivity (Wildman–Crippen MR) is 86.3 cm³/mol. The molecule has 1 aliphatic rings. The van der Waals surface area contributed by atoms with Gasteiger partial charge in [0, 0.05) is 32.4 Å². The van der Waals surface area contributed by atoms with Crippen molar-refractivity contribution >= 4 is 17.2 Å². The summed E-state index contributed by atoms with van der Waals surface area (Å²) >= 11 is 0. The Balaban J connectivity index is 1.67. The number of aromatic nitrogens is 1. The van der Waals surface area contributed by atoms with Crippen LogP contribution in [0.3, 0.4) is 0 Å². The summed E-state index contributed by atoms with van der Waals surface area (Å²) in [6, 6.07) is 6.71. The molecule has 2 heterocycles. The largest absolute Gasteiger partial charge is 0.417 e. The number of hydrogen-bond acceptors (Lipinski definition) is 3. The Morgan fingerprint density at radius 1 is 1.00 bits per heavy atom. The topological polar surface area (TPSA) is 23.7 Å². The number of piperazine rings is 1. The minimum absolute atomic E-state index is 0.244. The third kappa shape index (κ3) is 3.65. The molecule has 0 atom stereocenters. The molecule has 0 unspecified atom stereocenters. The zero-order chi connectivity index (χ0) is 18.0. The second-order valence-corrected chi connectivity index (χ2v) is 5.62. The first-order valence-corrected chi connectivity index (χ1v) is 7.58. The summed E-state index contributed by atoms with van der Waals surface area (Å²) in [5, 5.41) is 0. The van der Waals surface area contributed by atoms with Crippen LogP contribution in [0.25, 0.3) is 4.85 Å². The Morgan fingerprint density at radius 2 is 1.68 bits per heavy atom. The van der Waals surface area contributed by atoms with Gasteiger partial charge in [0.25, 0.3) is 0 Å². The molecule has 8 heteroatoms. The van der Waals surface area contributed by atoms with E-state index < -0.39 is 17.6 Å². The number of hydrogen-bond donors (Lipinski definition) is 0. The van der Waals surface area contributed by atoms with Gasteiger partial charge in [-0.05, 0) is 24.3 Å². The zero-order valence-electron chi connectivity index (χ0n) is 13.1. The quantitative estimate of drug-likeness (QED) is 0.601. The summed E-state index contributed by atoms with van der Waals surface area (Å²) < 4.78 is 51.8. The highest BCUT2D eigenvalue weighted by Gasteiger charge is 2.31. The molecule has 1 aromatic carbocycles. The van der Waals surface area contributed by atoms with Crippen LogP contribution < -0.4 is 9.80 Å². The summed E-state index contributed by atoms with van der Waals surface area (Å²) in [6.07, 6.45) is -3.58. The molecule has 25 heavy (non-hydrogen) atoms. The van der Waals surface area contributed by atoms with Crippen LogP contribution in [0.1, 0.15) is 5.56 Å². The van der Waals surface area contributed by atoms with E-state index >= 15 is 0 Å². The minimum Gasteiger partial charge on any atom is -0.366 e. The monoisotopic (exact) mass is 350 g/mol. The van der Waals surface area contributed by atoms with Crippen LogP contribution in [0.5, 0.6) is 0 Å². The number of pyridine rings is 1. The molecule has 3 rings (SSSR count). The third-order valence-electron chi connectivity index (χ3n) is 4.08. The van der Waals surface area contributed by atoms with Crippen molar-refractivity contribution in [3.05, 3.63) is 59.3 Å². The smallest absolute Gasteiger partial charge is 0.366 e. The first-order valence-electron chi connectivity index (χ1n) is 7.58. The van der Waals surface area contributed by atoms with Crippen LogP contribution in [-0.4, -0.2) is 31.2 Å². The third-order valence-corrected chi connectivity index (χ3v) is 4.08. The molecule has 0 spiro atoms. The molecule has 4 nitrogen and oxygen atoms in total. The summed E-state index contributed by atoms with van der Waals surface area (Å²) in [5.74, 6) is 0.0195. The van der Waals surface area contributed by atoms with Gasteiger partial charge in [-0.25, -0.2) is 14.2 Å². The maximum absolute atomic E-state index is 14.1. The minimum atomic E-state index is -4.40. The van der Waals surface area contributed by atoms with Gasteiger partial charge >= 0.3 is 6.18 Å². The number of nitrogens with zero attached hydrogens (tertiary/aromatic N) is 4. The van der Waals surface area contributed by atoms with Gasteiger partial charge in [-0.15, -0.1) is 0 Å². The number of alkyl halides is 3. The number of rotatable bonds is 2. The van der Waals surface area contributed by atoms with Gasteiger partial charge in [0.05, 0.1) is 17.8 Å². The molecular formula is C17H14F4N4. The predicted octanol–water partition coefficient (Wildman–Crippen LogP) is 4.12. The Hall–Kier alpha value is -2.82. The molecule has 1 aromatic heterocycles. The highest BCUT2D eigenvalue weighted by molar-refractivity contribution is 5.57. The summed E-state index contributed by atoms with van der Waals surface area (Å²) in [5.41, 5.74) is -0.113. The lowest BCUT2D eigenvalue weighted by Gasteiger charge is -2.37. The molecule has 1 fully saturated rings. The highest BCUT2D eigenvalue weighted by Crippen LogP contribution is 2.30. The van der Waals surface area contributed by atoms with Crippen LogP contribution in [0.2, 0.25) is 0 Å². The van der Waals surface area contributed by atoms with Crippen molar-refractivity contribution in [2.45, 2.75) is 6.18 Å². The Kier molecular flexibility index (Phi) is 4.49. The van der Waals surface area contributed by atoms with E-state index in [4.69, 9.17) is 6.57 Å². The normalized spacial score (nSPS) is 15.2. The van der Waals surface area contributed by atoms with Crippen LogP contribution in [0.4, 0.5) is 34.8 Å². The number of anilines is 2. The maximum atomic E-state index is 14.1. The lowest BCUT2D eigenvalue weighted by Crippen LogP contribution is -2.47. The van der Waals surface area contributed by atoms with Gasteiger partial charge in [0.15, 0.2) is 5.69 Å². The fourth-order valence-corrected chi connectivity index (χ4v) is 2.74. The number of benzene rings is 1. The van der Waals surface area contributed by atoms with E-state index in [1.807, 2.05) is 9.80 Å². The number of halogens is 4. The summed E-state index contributed by atoms with van der Waals surface area (Å²) in [4.78, 5) is 10.8. The van der Waals surface area contributed by atoms with E-state index in [1.54, 1.807) is 12.1 Å². The molecule has 1 saturated heterocycles. The molecule has 0 aliphatic carbocycles. The van der Waals surface area contributed by atoms with E-state index in [9.17, 15) is 17.6 Å². The average molecular weight is 350 g/mol. The second kappa shape index (κ2) is 6.59. The lowest BCUT2D eigenvalue weighted by molar-refractivity contribution is -0.137. The molecular weight excluding hydrogens is 336 g/mol. The van der Waals surface area contributed by atoms with Crippen molar-refractivity contribution in [2.75, 3.05) is 36.0 Å². The van der Waals surface area contributed by atoms with Crippen molar-refractivity contribution in [1.29, 1.82) is 0 Å². The van der Waals surface area contributed by atoms with Gasteiger partial charge in [-0.2, -0.15) is 13.2 Å². The molecule has 0 bridgehead atoms. The van der Waals surface area contributed by atoms with Crippen molar-refractivity contribution in [3.8, 4) is 0 Å². The van der Waals surface area contributed by atoms with Crippen LogP contribution in [-0.2, 0) is 6.18 Å². The fourth-order valence-electron chi connectivity index (χ4n) is 2.74. The van der Waals surface area contributed by atoms with Crippen molar-refractivity contribution in [1.82, 2.24) is 4.98 Å². The highest BCUT2D eigenvalue weighted by atomic mass is 19.4. The van der Waals surface area contributed by atoms with E-state index in [0.29, 0.717) is 37.7 Å². The molecule has 2 aromatic rings. The molecule has 0 radical (unpaired) electrons. The standard InChI is InChI=1S/C17H14F4N4/c1-22-13-3-4-15(14(18)10-13)24-6-8-25(9-7-24)16-5-2-12(11-23-16)17(19,20)21/h2-5,10-11H,6-9H2. The van der Waals surface area contributed by atoms with Crippen molar-refractivity contribution < 1.29 is 17.6 Å². The van der Waals surface area contributed by atoms with Crippen LogP contribution >= 0.6 is 0 Å². The fraction of sp³-hybridized carbons (Fsp3) is 0.294. The Morgan fingerprint density at radius 3 is 2.20 bits per heavy atom. The van der Waals surface area contributed by atoms with Gasteiger partial charge in [0.1, 0.15) is 11.6 Å². The zero-order valence-corrected chi connectivity index (χ0v) is 13.1. The molecule has 130 valence electrons. The van der Waals surface area contributed by atoms with Gasteiger partial charge in [-0.3, -0.25) is 0 Å². The summed E-state index contributed by atoms with van der Waals surface area (Å²) in [6.45, 7) is 8.95. The SMILES string of the molecule is [C-]#[N+]c1ccc(N2CCN(c3ccc(C(F)(F)F)cn3)CC2)c(F)c1. The summed E-state index contributed by atoms with van der Waals surface area (Å²) in [7, 11) is 0. The molecule has 0 N–H and O–H groups in total. The van der Waals surface area contributed by atoms with Crippen molar-refractivity contribution in [3.63, 3.8) is 0 Å². The van der Waals surface area contributed by atoms with E-state index in [0.717, 1.165) is 12.3 Å². The van der Waals surface area contributed by atoms with E-state index in [-0.39, 0.29) is 5.69 Å². The maximum Gasteiger partial charge on any atom is 0.417 e. The van der Waals surface area contributed by atoms with Crippen LogP contribution in [0.15, 0.2) is 36.5 Å². The average Bonchev–Trinajstić information content (AvgIpc) is 2.61. The van der Waals surface area contributed by atoms with E-state index in [2.05, 4.69) is 9.83 Å². The first kappa shape index (κ1) is 17.0.